The molecular formula is C10H7BrN2O3. The normalized spacial score (nSPS) is 10.4. The highest BCUT2D eigenvalue weighted by Crippen LogP contribution is 2.19. The number of nitrogens with one attached hydrogen (secondary N) is 1. The Morgan fingerprint density at radius 3 is 2.88 bits per heavy atom. The topological polar surface area (TPSA) is 72.0 Å². The lowest BCUT2D eigenvalue weighted by molar-refractivity contribution is 0.0595. The maximum absolute atomic E-state index is 11.5. The van der Waals surface area contributed by atoms with Crippen LogP contribution in [0.25, 0.3) is 10.8 Å². The van der Waals surface area contributed by atoms with Crippen molar-refractivity contribution in [1.29, 1.82) is 0 Å². The number of benzene rings is 1. The molecule has 82 valence electrons. The van der Waals surface area contributed by atoms with E-state index in [0.717, 1.165) is 4.47 Å². The van der Waals surface area contributed by atoms with Crippen molar-refractivity contribution >= 4 is 32.7 Å². The van der Waals surface area contributed by atoms with E-state index in [0.29, 0.717) is 10.8 Å². The number of fused-ring (bicyclic) bond motifs is 1. The second kappa shape index (κ2) is 4.05. The fourth-order valence-electron chi connectivity index (χ4n) is 1.39. The van der Waals surface area contributed by atoms with Crippen molar-refractivity contribution in [2.75, 3.05) is 7.11 Å². The van der Waals surface area contributed by atoms with Crippen LogP contribution in [-0.2, 0) is 4.74 Å². The van der Waals surface area contributed by atoms with Gasteiger partial charge in [0.1, 0.15) is 0 Å². The van der Waals surface area contributed by atoms with Crippen molar-refractivity contribution in [3.05, 3.63) is 38.7 Å². The van der Waals surface area contributed by atoms with E-state index in [-0.39, 0.29) is 11.3 Å². The number of halogens is 1. The SMILES string of the molecule is COC(=O)c1n[nH]c(=O)c2ccc(Br)cc12. The second-order valence-corrected chi connectivity index (χ2v) is 4.00. The van der Waals surface area contributed by atoms with Crippen LogP contribution in [0, 0.1) is 0 Å². The third-order valence-corrected chi connectivity index (χ3v) is 2.62. The summed E-state index contributed by atoms with van der Waals surface area (Å²) in [5.41, 5.74) is -0.242. The van der Waals surface area contributed by atoms with Crippen LogP contribution in [0.15, 0.2) is 27.5 Å². The third kappa shape index (κ3) is 1.71. The average Bonchev–Trinajstić information content (AvgIpc) is 2.28. The molecule has 0 saturated heterocycles. The van der Waals surface area contributed by atoms with Gasteiger partial charge in [-0.3, -0.25) is 4.79 Å². The minimum Gasteiger partial charge on any atom is -0.464 e. The lowest BCUT2D eigenvalue weighted by Gasteiger charge is -2.02. The Morgan fingerprint density at radius 1 is 1.44 bits per heavy atom. The summed E-state index contributed by atoms with van der Waals surface area (Å²) in [5, 5.41) is 6.81. The zero-order chi connectivity index (χ0) is 11.7. The molecule has 0 aliphatic heterocycles. The average molecular weight is 283 g/mol. The van der Waals surface area contributed by atoms with Gasteiger partial charge < -0.3 is 4.74 Å². The van der Waals surface area contributed by atoms with Crippen LogP contribution in [0.2, 0.25) is 0 Å². The van der Waals surface area contributed by atoms with Crippen molar-refractivity contribution in [3.8, 4) is 0 Å². The molecule has 0 radical (unpaired) electrons. The van der Waals surface area contributed by atoms with Crippen LogP contribution in [0.5, 0.6) is 0 Å². The monoisotopic (exact) mass is 282 g/mol. The van der Waals surface area contributed by atoms with Crippen molar-refractivity contribution in [1.82, 2.24) is 10.2 Å². The lowest BCUT2D eigenvalue weighted by Crippen LogP contribution is -2.15. The van der Waals surface area contributed by atoms with Gasteiger partial charge in [0.15, 0.2) is 5.69 Å². The predicted octanol–water partition coefficient (Wildman–Crippen LogP) is 1.47. The number of H-pyrrole nitrogens is 1. The molecule has 1 aromatic carbocycles. The van der Waals surface area contributed by atoms with E-state index in [1.807, 2.05) is 0 Å². The first kappa shape index (κ1) is 10.8. The van der Waals surface area contributed by atoms with E-state index in [1.54, 1.807) is 18.2 Å². The molecule has 1 aromatic heterocycles. The number of aromatic amines is 1. The number of carbonyl (C=O) groups is 1. The molecule has 1 heterocycles. The first-order chi connectivity index (χ1) is 7.63. The molecule has 5 nitrogen and oxygen atoms in total. The Bertz CT molecular complexity index is 621. The number of esters is 1. The van der Waals surface area contributed by atoms with E-state index in [2.05, 4.69) is 30.9 Å². The number of hydrogen-bond acceptors (Lipinski definition) is 4. The maximum Gasteiger partial charge on any atom is 0.359 e. The van der Waals surface area contributed by atoms with Crippen LogP contribution in [0.4, 0.5) is 0 Å². The van der Waals surface area contributed by atoms with Crippen LogP contribution in [0.1, 0.15) is 10.5 Å². The summed E-state index contributed by atoms with van der Waals surface area (Å²) in [7, 11) is 1.26. The highest BCUT2D eigenvalue weighted by atomic mass is 79.9. The van der Waals surface area contributed by atoms with Gasteiger partial charge in [0.25, 0.3) is 5.56 Å². The molecule has 0 aliphatic rings. The zero-order valence-electron chi connectivity index (χ0n) is 8.28. The Morgan fingerprint density at radius 2 is 2.19 bits per heavy atom. The third-order valence-electron chi connectivity index (χ3n) is 2.13. The molecular weight excluding hydrogens is 276 g/mol. The zero-order valence-corrected chi connectivity index (χ0v) is 9.87. The maximum atomic E-state index is 11.5. The molecule has 0 saturated carbocycles. The van der Waals surface area contributed by atoms with Crippen LogP contribution in [0.3, 0.4) is 0 Å². The number of rotatable bonds is 1. The van der Waals surface area contributed by atoms with Gasteiger partial charge in [-0.15, -0.1) is 0 Å². The molecule has 2 rings (SSSR count). The van der Waals surface area contributed by atoms with Crippen molar-refractivity contribution in [3.63, 3.8) is 0 Å². The summed E-state index contributed by atoms with van der Waals surface area (Å²) in [6.45, 7) is 0. The lowest BCUT2D eigenvalue weighted by atomic mass is 10.1. The van der Waals surface area contributed by atoms with Crippen LogP contribution in [-0.4, -0.2) is 23.3 Å². The minimum absolute atomic E-state index is 0.0957. The standard InChI is InChI=1S/C10H7BrN2O3/c1-16-10(15)8-7-4-5(11)2-3-6(7)9(14)13-12-8/h2-4H,1H3,(H,13,14). The number of methoxy groups -OCH3 is 1. The molecule has 0 bridgehead atoms. The second-order valence-electron chi connectivity index (χ2n) is 3.08. The van der Waals surface area contributed by atoms with Gasteiger partial charge in [0.05, 0.1) is 12.5 Å². The number of hydrogen-bond donors (Lipinski definition) is 1. The number of carbonyl (C=O) groups excluding carboxylic acids is 1. The first-order valence-corrected chi connectivity index (χ1v) is 5.19. The minimum atomic E-state index is -0.584. The van der Waals surface area contributed by atoms with E-state index in [9.17, 15) is 9.59 Å². The van der Waals surface area contributed by atoms with Gasteiger partial charge in [-0.25, -0.2) is 9.89 Å². The molecule has 16 heavy (non-hydrogen) atoms. The Labute approximate surface area is 98.6 Å². The highest BCUT2D eigenvalue weighted by Gasteiger charge is 2.14. The van der Waals surface area contributed by atoms with Crippen molar-refractivity contribution in [2.45, 2.75) is 0 Å². The van der Waals surface area contributed by atoms with Gasteiger partial charge in [-0.2, -0.15) is 5.10 Å². The van der Waals surface area contributed by atoms with Gasteiger partial charge in [-0.05, 0) is 18.2 Å². The van der Waals surface area contributed by atoms with Crippen molar-refractivity contribution < 1.29 is 9.53 Å². The fraction of sp³-hybridized carbons (Fsp3) is 0.100. The van der Waals surface area contributed by atoms with Gasteiger partial charge in [-0.1, -0.05) is 15.9 Å². The predicted molar refractivity (Wildman–Crippen MR) is 61.4 cm³/mol. The smallest absolute Gasteiger partial charge is 0.359 e. The molecule has 6 heteroatoms. The molecule has 0 spiro atoms. The Hall–Kier alpha value is -1.69. The first-order valence-electron chi connectivity index (χ1n) is 4.39. The van der Waals surface area contributed by atoms with Gasteiger partial charge in [0, 0.05) is 9.86 Å². The fourth-order valence-corrected chi connectivity index (χ4v) is 1.75. The van der Waals surface area contributed by atoms with Crippen LogP contribution >= 0.6 is 15.9 Å². The molecule has 0 amide bonds. The van der Waals surface area contributed by atoms with E-state index < -0.39 is 5.97 Å². The summed E-state index contributed by atoms with van der Waals surface area (Å²) in [4.78, 5) is 22.9. The van der Waals surface area contributed by atoms with Gasteiger partial charge in [0.2, 0.25) is 0 Å². The van der Waals surface area contributed by atoms with E-state index in [1.165, 1.54) is 7.11 Å². The largest absolute Gasteiger partial charge is 0.464 e. The summed E-state index contributed by atoms with van der Waals surface area (Å²) in [6, 6.07) is 4.99. The number of ether oxygens (including phenoxy) is 1. The Kier molecular flexibility index (Phi) is 2.74. The number of aromatic nitrogens is 2. The van der Waals surface area contributed by atoms with E-state index in [4.69, 9.17) is 0 Å². The molecule has 0 unspecified atom stereocenters. The highest BCUT2D eigenvalue weighted by molar-refractivity contribution is 9.10. The van der Waals surface area contributed by atoms with E-state index >= 15 is 0 Å². The summed E-state index contributed by atoms with van der Waals surface area (Å²) >= 11 is 3.27. The number of nitrogens with zero attached hydrogens (tertiary/aromatic N) is 1. The van der Waals surface area contributed by atoms with Crippen LogP contribution < -0.4 is 5.56 Å². The van der Waals surface area contributed by atoms with Crippen molar-refractivity contribution in [2.24, 2.45) is 0 Å². The summed E-state index contributed by atoms with van der Waals surface area (Å²) in [6.07, 6.45) is 0. The Balaban J connectivity index is 2.86. The molecule has 1 N–H and O–H groups in total. The summed E-state index contributed by atoms with van der Waals surface area (Å²) in [5.74, 6) is -0.584. The molecule has 0 atom stereocenters. The molecule has 0 fully saturated rings. The quantitative estimate of drug-likeness (QED) is 0.804. The van der Waals surface area contributed by atoms with Gasteiger partial charge >= 0.3 is 5.97 Å². The molecule has 2 aromatic rings. The summed E-state index contributed by atoms with van der Waals surface area (Å²) < 4.78 is 5.35. The molecule has 0 aliphatic carbocycles.